The van der Waals surface area contributed by atoms with Gasteiger partial charge in [-0.15, -0.1) is 0 Å². The van der Waals surface area contributed by atoms with E-state index in [1.54, 1.807) is 0 Å². The van der Waals surface area contributed by atoms with Crippen LogP contribution in [-0.4, -0.2) is 4.98 Å². The maximum atomic E-state index is 5.22. The van der Waals surface area contributed by atoms with Gasteiger partial charge in [0.25, 0.3) is 0 Å². The number of benzene rings is 8. The van der Waals surface area contributed by atoms with Crippen LogP contribution < -0.4 is 4.90 Å². The molecule has 1 aliphatic rings. The molecule has 0 unspecified atom stereocenters. The Kier molecular flexibility index (Phi) is 7.52. The molecule has 0 fully saturated rings. The number of rotatable bonds is 6. The van der Waals surface area contributed by atoms with Crippen LogP contribution in [0.3, 0.4) is 0 Å². The Morgan fingerprint density at radius 3 is 1.83 bits per heavy atom. The monoisotopic (exact) mass is 690 g/mol. The Morgan fingerprint density at radius 2 is 0.981 bits per heavy atom. The minimum Gasteiger partial charge on any atom is -0.310 e. The van der Waals surface area contributed by atoms with Crippen molar-refractivity contribution in [2.24, 2.45) is 0 Å². The standard InChI is InChI=1S/C52H38N2/c1-52(2)47-27-11-8-24-43(47)44-31-30-40(34-48(44)52)54(50-29-13-10-22-41(50)35-16-4-3-5-17-35)39-21-15-19-37(33-39)36-18-14-20-38(32-36)51-46-26-7-6-23-42(46)45-25-9-12-28-49(45)53-51/h3-34H,1-2H3. The van der Waals surface area contributed by atoms with Gasteiger partial charge in [0.1, 0.15) is 0 Å². The van der Waals surface area contributed by atoms with Gasteiger partial charge in [0.05, 0.1) is 16.9 Å². The Hall–Kier alpha value is -6.77. The Morgan fingerprint density at radius 1 is 0.389 bits per heavy atom. The lowest BCUT2D eigenvalue weighted by Crippen LogP contribution is -2.17. The molecule has 1 aromatic heterocycles. The Labute approximate surface area is 316 Å². The molecule has 256 valence electrons. The van der Waals surface area contributed by atoms with Crippen molar-refractivity contribution < 1.29 is 0 Å². The molecule has 1 heterocycles. The van der Waals surface area contributed by atoms with Gasteiger partial charge in [-0.2, -0.15) is 0 Å². The molecule has 10 rings (SSSR count). The lowest BCUT2D eigenvalue weighted by atomic mass is 9.82. The zero-order valence-corrected chi connectivity index (χ0v) is 30.4. The zero-order valence-electron chi connectivity index (χ0n) is 30.4. The Balaban J connectivity index is 1.14. The topological polar surface area (TPSA) is 16.1 Å². The van der Waals surface area contributed by atoms with Crippen LogP contribution in [-0.2, 0) is 5.41 Å². The first-order chi connectivity index (χ1) is 26.5. The molecule has 0 N–H and O–H groups in total. The van der Waals surface area contributed by atoms with Crippen molar-refractivity contribution >= 4 is 38.7 Å². The first kappa shape index (κ1) is 31.9. The van der Waals surface area contributed by atoms with Gasteiger partial charge in [0.15, 0.2) is 0 Å². The summed E-state index contributed by atoms with van der Waals surface area (Å²) in [4.78, 5) is 7.66. The van der Waals surface area contributed by atoms with E-state index in [0.29, 0.717) is 0 Å². The van der Waals surface area contributed by atoms with Crippen molar-refractivity contribution in [1.29, 1.82) is 0 Å². The summed E-state index contributed by atoms with van der Waals surface area (Å²) < 4.78 is 0. The maximum absolute atomic E-state index is 5.22. The van der Waals surface area contributed by atoms with Gasteiger partial charge in [-0.3, -0.25) is 0 Å². The molecule has 0 atom stereocenters. The van der Waals surface area contributed by atoms with Crippen LogP contribution in [0.4, 0.5) is 17.1 Å². The van der Waals surface area contributed by atoms with Crippen molar-refractivity contribution in [3.63, 3.8) is 0 Å². The van der Waals surface area contributed by atoms with E-state index < -0.39 is 0 Å². The molecule has 0 spiro atoms. The highest BCUT2D eigenvalue weighted by Crippen LogP contribution is 2.51. The molecule has 0 radical (unpaired) electrons. The summed E-state index contributed by atoms with van der Waals surface area (Å²) in [6.45, 7) is 4.70. The summed E-state index contributed by atoms with van der Waals surface area (Å²) in [7, 11) is 0. The van der Waals surface area contributed by atoms with Crippen molar-refractivity contribution in [3.8, 4) is 44.6 Å². The molecule has 0 saturated carbocycles. The van der Waals surface area contributed by atoms with Crippen LogP contribution in [0.25, 0.3) is 66.3 Å². The fourth-order valence-corrected chi connectivity index (χ4v) is 8.58. The predicted molar refractivity (Wildman–Crippen MR) is 228 cm³/mol. The van der Waals surface area contributed by atoms with Crippen molar-refractivity contribution in [2.75, 3.05) is 4.90 Å². The largest absolute Gasteiger partial charge is 0.310 e. The molecule has 0 amide bonds. The number of fused-ring (bicyclic) bond motifs is 6. The molecule has 2 nitrogen and oxygen atoms in total. The van der Waals surface area contributed by atoms with Crippen molar-refractivity contribution in [3.05, 3.63) is 205 Å². The fraction of sp³-hybridized carbons (Fsp3) is 0.0577. The van der Waals surface area contributed by atoms with E-state index in [0.717, 1.165) is 50.3 Å². The Bertz CT molecular complexity index is 2870. The normalized spacial score (nSPS) is 12.8. The summed E-state index contributed by atoms with van der Waals surface area (Å²) in [6, 6.07) is 70.3. The summed E-state index contributed by atoms with van der Waals surface area (Å²) >= 11 is 0. The van der Waals surface area contributed by atoms with Crippen LogP contribution in [0, 0.1) is 0 Å². The highest BCUT2D eigenvalue weighted by Gasteiger charge is 2.36. The highest BCUT2D eigenvalue weighted by atomic mass is 15.1. The van der Waals surface area contributed by atoms with Crippen LogP contribution in [0.2, 0.25) is 0 Å². The van der Waals surface area contributed by atoms with E-state index >= 15 is 0 Å². The predicted octanol–water partition coefficient (Wildman–Crippen LogP) is 14.2. The number of aromatic nitrogens is 1. The summed E-state index contributed by atoms with van der Waals surface area (Å²) in [5.41, 5.74) is 16.4. The third-order valence-electron chi connectivity index (χ3n) is 11.2. The highest BCUT2D eigenvalue weighted by molar-refractivity contribution is 6.11. The van der Waals surface area contributed by atoms with Gasteiger partial charge < -0.3 is 4.90 Å². The second kappa shape index (κ2) is 12.7. The smallest absolute Gasteiger partial charge is 0.0788 e. The molecule has 0 saturated heterocycles. The van der Waals surface area contributed by atoms with E-state index in [1.165, 1.54) is 44.2 Å². The van der Waals surface area contributed by atoms with Gasteiger partial charge in [0.2, 0.25) is 0 Å². The van der Waals surface area contributed by atoms with Crippen LogP contribution in [0.5, 0.6) is 0 Å². The van der Waals surface area contributed by atoms with E-state index in [4.69, 9.17) is 4.98 Å². The molecule has 54 heavy (non-hydrogen) atoms. The van der Waals surface area contributed by atoms with E-state index in [-0.39, 0.29) is 5.41 Å². The summed E-state index contributed by atoms with van der Waals surface area (Å²) in [6.07, 6.45) is 0. The third kappa shape index (κ3) is 5.22. The number of nitrogens with zero attached hydrogens (tertiary/aromatic N) is 2. The number of para-hydroxylation sites is 2. The van der Waals surface area contributed by atoms with Gasteiger partial charge >= 0.3 is 0 Å². The molecule has 2 heteroatoms. The average Bonchev–Trinajstić information content (AvgIpc) is 3.46. The van der Waals surface area contributed by atoms with E-state index in [9.17, 15) is 0 Å². The van der Waals surface area contributed by atoms with Crippen LogP contribution in [0.15, 0.2) is 194 Å². The second-order valence-electron chi connectivity index (χ2n) is 14.8. The molecular formula is C52H38N2. The van der Waals surface area contributed by atoms with Crippen molar-refractivity contribution in [1.82, 2.24) is 4.98 Å². The van der Waals surface area contributed by atoms with E-state index in [1.807, 2.05) is 0 Å². The van der Waals surface area contributed by atoms with E-state index in [2.05, 4.69) is 213 Å². The number of hydrogen-bond acceptors (Lipinski definition) is 2. The summed E-state index contributed by atoms with van der Waals surface area (Å²) in [5.74, 6) is 0. The number of pyridine rings is 1. The van der Waals surface area contributed by atoms with Crippen molar-refractivity contribution in [2.45, 2.75) is 19.3 Å². The third-order valence-corrected chi connectivity index (χ3v) is 11.2. The van der Waals surface area contributed by atoms with Gasteiger partial charge in [-0.05, 0) is 86.8 Å². The average molecular weight is 691 g/mol. The molecule has 0 aliphatic heterocycles. The minimum absolute atomic E-state index is 0.115. The SMILES string of the molecule is CC1(C)c2ccccc2-c2ccc(N(c3cccc(-c4cccc(-c5nc6ccccc6c6ccccc56)c4)c3)c3ccccc3-c3ccccc3)cc21. The van der Waals surface area contributed by atoms with Crippen LogP contribution >= 0.6 is 0 Å². The quantitative estimate of drug-likeness (QED) is 0.161. The second-order valence-corrected chi connectivity index (χ2v) is 14.8. The molecule has 1 aliphatic carbocycles. The first-order valence-electron chi connectivity index (χ1n) is 18.7. The van der Waals surface area contributed by atoms with Gasteiger partial charge in [-0.1, -0.05) is 166 Å². The zero-order chi connectivity index (χ0) is 36.2. The molecular weight excluding hydrogens is 653 g/mol. The number of anilines is 3. The molecule has 0 bridgehead atoms. The maximum Gasteiger partial charge on any atom is 0.0788 e. The lowest BCUT2D eigenvalue weighted by molar-refractivity contribution is 0.660. The molecule has 8 aromatic carbocycles. The first-order valence-corrected chi connectivity index (χ1v) is 18.7. The van der Waals surface area contributed by atoms with Gasteiger partial charge in [0, 0.05) is 38.7 Å². The van der Waals surface area contributed by atoms with Crippen LogP contribution in [0.1, 0.15) is 25.0 Å². The lowest BCUT2D eigenvalue weighted by Gasteiger charge is -2.30. The minimum atomic E-state index is -0.115. The van der Waals surface area contributed by atoms with Gasteiger partial charge in [-0.25, -0.2) is 4.98 Å². The molecule has 9 aromatic rings. The fourth-order valence-electron chi connectivity index (χ4n) is 8.58. The number of hydrogen-bond donors (Lipinski definition) is 0. The summed E-state index contributed by atoms with van der Waals surface area (Å²) in [5, 5.41) is 3.56.